The van der Waals surface area contributed by atoms with Crippen LogP contribution < -0.4 is 0 Å². The number of hydrogen-bond donors (Lipinski definition) is 1. The summed E-state index contributed by atoms with van der Waals surface area (Å²) in [6.07, 6.45) is 1.68. The molecule has 0 aliphatic heterocycles. The molecule has 1 N–H and O–H groups in total. The first-order chi connectivity index (χ1) is 7.24. The first-order valence-electron chi connectivity index (χ1n) is 3.81. The Balaban J connectivity index is 2.04. The van der Waals surface area contributed by atoms with Crippen LogP contribution in [0.15, 0.2) is 21.1 Å². The molecule has 0 saturated heterocycles. The molecule has 78 valence electrons. The number of carbonyl (C=O) groups is 1. The minimum absolute atomic E-state index is 0.286. The van der Waals surface area contributed by atoms with E-state index in [1.54, 1.807) is 6.20 Å². The summed E-state index contributed by atoms with van der Waals surface area (Å²) in [5, 5.41) is 21.9. The van der Waals surface area contributed by atoms with Gasteiger partial charge in [0.05, 0.1) is 0 Å². The average molecular weight is 243 g/mol. The van der Waals surface area contributed by atoms with Crippen molar-refractivity contribution in [2.75, 3.05) is 0 Å². The smallest absolute Gasteiger partial charge is 0.327 e. The molecule has 0 atom stereocenters. The third-order valence-corrected chi connectivity index (χ3v) is 3.03. The fraction of sp³-hybridized carbons (Fsp3) is 0.167. The number of hydrogen-bond acceptors (Lipinski definition) is 7. The van der Waals surface area contributed by atoms with Crippen LogP contribution in [0, 0.1) is 0 Å². The van der Waals surface area contributed by atoms with E-state index >= 15 is 0 Å². The number of tetrazole rings is 1. The van der Waals surface area contributed by atoms with Crippen LogP contribution in [0.1, 0.15) is 0 Å². The minimum atomic E-state index is -1.00. The van der Waals surface area contributed by atoms with Crippen molar-refractivity contribution in [2.24, 2.45) is 0 Å². The van der Waals surface area contributed by atoms with Crippen LogP contribution in [0.4, 0.5) is 0 Å². The maximum Gasteiger partial charge on any atom is 0.327 e. The standard InChI is InChI=1S/C6H5N5O2S2/c12-4(13)3-11-9-5(8-10-11)15-6-7-1-2-14-6/h1-2H,3H2,(H,12,13). The van der Waals surface area contributed by atoms with Gasteiger partial charge in [-0.25, -0.2) is 4.98 Å². The number of rotatable bonds is 4. The van der Waals surface area contributed by atoms with E-state index in [0.717, 1.165) is 9.14 Å². The summed E-state index contributed by atoms with van der Waals surface area (Å²) in [6.45, 7) is -0.286. The Labute approximate surface area is 92.1 Å². The highest BCUT2D eigenvalue weighted by atomic mass is 32.2. The maximum absolute atomic E-state index is 10.3. The summed E-state index contributed by atoms with van der Waals surface area (Å²) in [6, 6.07) is 0. The summed E-state index contributed by atoms with van der Waals surface area (Å²) < 4.78 is 0.796. The first-order valence-corrected chi connectivity index (χ1v) is 5.50. The molecule has 7 nitrogen and oxygen atoms in total. The second kappa shape index (κ2) is 4.36. The Bertz CT molecular complexity index is 454. The average Bonchev–Trinajstić information content (AvgIpc) is 2.77. The zero-order chi connectivity index (χ0) is 10.7. The van der Waals surface area contributed by atoms with Gasteiger partial charge in [-0.1, -0.05) is 0 Å². The molecule has 9 heteroatoms. The molecule has 0 unspecified atom stereocenters. The molecule has 15 heavy (non-hydrogen) atoms. The molecule has 0 radical (unpaired) electrons. The van der Waals surface area contributed by atoms with Gasteiger partial charge in [-0.2, -0.15) is 4.80 Å². The van der Waals surface area contributed by atoms with Crippen molar-refractivity contribution in [1.82, 2.24) is 25.2 Å². The Kier molecular flexibility index (Phi) is 2.92. The molecular formula is C6H5N5O2S2. The Morgan fingerprint density at radius 1 is 1.67 bits per heavy atom. The highest BCUT2D eigenvalue weighted by Gasteiger charge is 2.08. The number of aliphatic carboxylic acids is 1. The lowest BCUT2D eigenvalue weighted by molar-refractivity contribution is -0.138. The van der Waals surface area contributed by atoms with Gasteiger partial charge in [0.25, 0.3) is 0 Å². The van der Waals surface area contributed by atoms with Gasteiger partial charge in [0.2, 0.25) is 5.16 Å². The van der Waals surface area contributed by atoms with Crippen molar-refractivity contribution >= 4 is 29.1 Å². The van der Waals surface area contributed by atoms with E-state index in [0.29, 0.717) is 5.16 Å². The fourth-order valence-corrected chi connectivity index (χ4v) is 2.22. The predicted octanol–water partition coefficient (Wildman–Crippen LogP) is 0.365. The van der Waals surface area contributed by atoms with Crippen LogP contribution >= 0.6 is 23.1 Å². The molecule has 0 aliphatic carbocycles. The fourth-order valence-electron chi connectivity index (χ4n) is 0.796. The molecule has 0 spiro atoms. The van der Waals surface area contributed by atoms with Gasteiger partial charge >= 0.3 is 5.97 Å². The first kappa shape index (κ1) is 10.1. The summed E-state index contributed by atoms with van der Waals surface area (Å²) in [5.74, 6) is -1.00. The SMILES string of the molecule is O=C(O)Cn1nnc(Sc2nccs2)n1. The van der Waals surface area contributed by atoms with Gasteiger partial charge in [-0.05, 0) is 17.0 Å². The zero-order valence-electron chi connectivity index (χ0n) is 7.27. The summed E-state index contributed by atoms with van der Waals surface area (Å²) >= 11 is 2.71. The van der Waals surface area contributed by atoms with Crippen LogP contribution in [-0.4, -0.2) is 36.3 Å². The molecule has 0 aliphatic rings. The molecule has 0 saturated carbocycles. The normalized spacial score (nSPS) is 10.4. The van der Waals surface area contributed by atoms with Gasteiger partial charge in [-0.3, -0.25) is 4.79 Å². The van der Waals surface area contributed by atoms with E-state index in [1.807, 2.05) is 5.38 Å². The molecule has 2 aromatic heterocycles. The predicted molar refractivity (Wildman–Crippen MR) is 51.7 cm³/mol. The number of thiazole rings is 1. The van der Waals surface area contributed by atoms with Gasteiger partial charge in [0, 0.05) is 11.6 Å². The van der Waals surface area contributed by atoms with Crippen molar-refractivity contribution in [2.45, 2.75) is 16.0 Å². The van der Waals surface area contributed by atoms with Crippen molar-refractivity contribution in [3.8, 4) is 0 Å². The highest BCUT2D eigenvalue weighted by molar-refractivity contribution is 8.00. The van der Waals surface area contributed by atoms with Crippen molar-refractivity contribution < 1.29 is 9.90 Å². The molecular weight excluding hydrogens is 238 g/mol. The second-order valence-electron chi connectivity index (χ2n) is 2.40. The van der Waals surface area contributed by atoms with E-state index < -0.39 is 5.97 Å². The van der Waals surface area contributed by atoms with E-state index in [2.05, 4.69) is 20.4 Å². The Morgan fingerprint density at radius 2 is 2.53 bits per heavy atom. The van der Waals surface area contributed by atoms with Crippen LogP contribution in [-0.2, 0) is 11.3 Å². The molecule has 0 fully saturated rings. The third kappa shape index (κ3) is 2.73. The topological polar surface area (TPSA) is 93.8 Å². The zero-order valence-corrected chi connectivity index (χ0v) is 8.90. The quantitative estimate of drug-likeness (QED) is 0.828. The number of carboxylic acids is 1. The molecule has 2 rings (SSSR count). The van der Waals surface area contributed by atoms with Gasteiger partial charge < -0.3 is 5.11 Å². The van der Waals surface area contributed by atoms with E-state index in [-0.39, 0.29) is 6.54 Å². The highest BCUT2D eigenvalue weighted by Crippen LogP contribution is 2.25. The molecule has 0 bridgehead atoms. The van der Waals surface area contributed by atoms with Crippen LogP contribution in [0.2, 0.25) is 0 Å². The lowest BCUT2D eigenvalue weighted by Crippen LogP contribution is -2.11. The van der Waals surface area contributed by atoms with E-state index in [9.17, 15) is 4.79 Å². The number of nitrogens with zero attached hydrogens (tertiary/aromatic N) is 5. The van der Waals surface area contributed by atoms with Crippen molar-refractivity contribution in [3.05, 3.63) is 11.6 Å². The van der Waals surface area contributed by atoms with E-state index in [4.69, 9.17) is 5.11 Å². The van der Waals surface area contributed by atoms with Crippen LogP contribution in [0.25, 0.3) is 0 Å². The monoisotopic (exact) mass is 243 g/mol. The van der Waals surface area contributed by atoms with Gasteiger partial charge in [0.1, 0.15) is 0 Å². The van der Waals surface area contributed by atoms with E-state index in [1.165, 1.54) is 23.1 Å². The van der Waals surface area contributed by atoms with Gasteiger partial charge in [-0.15, -0.1) is 21.5 Å². The number of carboxylic acid groups (broad SMARTS) is 1. The van der Waals surface area contributed by atoms with Crippen molar-refractivity contribution in [1.29, 1.82) is 0 Å². The molecule has 2 heterocycles. The lowest BCUT2D eigenvalue weighted by Gasteiger charge is -1.89. The Morgan fingerprint density at radius 3 is 3.20 bits per heavy atom. The van der Waals surface area contributed by atoms with Gasteiger partial charge in [0.15, 0.2) is 10.9 Å². The van der Waals surface area contributed by atoms with Crippen LogP contribution in [0.3, 0.4) is 0 Å². The third-order valence-electron chi connectivity index (χ3n) is 1.30. The molecule has 0 aromatic carbocycles. The molecule has 2 aromatic rings. The van der Waals surface area contributed by atoms with Crippen molar-refractivity contribution in [3.63, 3.8) is 0 Å². The lowest BCUT2D eigenvalue weighted by atomic mass is 10.7. The largest absolute Gasteiger partial charge is 0.480 e. The van der Waals surface area contributed by atoms with Crippen LogP contribution in [0.5, 0.6) is 0 Å². The minimum Gasteiger partial charge on any atom is -0.480 e. The summed E-state index contributed by atoms with van der Waals surface area (Å²) in [7, 11) is 0. The maximum atomic E-state index is 10.3. The summed E-state index contributed by atoms with van der Waals surface area (Å²) in [5.41, 5.74) is 0. The Hall–Kier alpha value is -1.48. The molecule has 0 amide bonds. The number of aromatic nitrogens is 5. The summed E-state index contributed by atoms with van der Waals surface area (Å²) in [4.78, 5) is 15.4. The second-order valence-corrected chi connectivity index (χ2v) is 4.51.